The van der Waals surface area contributed by atoms with Crippen LogP contribution in [0.25, 0.3) is 10.6 Å². The van der Waals surface area contributed by atoms with E-state index in [-0.39, 0.29) is 6.42 Å². The van der Waals surface area contributed by atoms with Gasteiger partial charge in [0.2, 0.25) is 0 Å². The van der Waals surface area contributed by atoms with Gasteiger partial charge in [-0.3, -0.25) is 9.78 Å². The Morgan fingerprint density at radius 3 is 3.06 bits per heavy atom. The maximum absolute atomic E-state index is 10.5. The fraction of sp³-hybridized carbons (Fsp3) is 0.182. The Kier molecular flexibility index (Phi) is 2.96. The molecule has 0 atom stereocenters. The van der Waals surface area contributed by atoms with Crippen molar-refractivity contribution in [2.45, 2.75) is 13.3 Å². The highest BCUT2D eigenvalue weighted by molar-refractivity contribution is 7.13. The topological polar surface area (TPSA) is 63.1 Å². The molecule has 0 spiro atoms. The molecule has 2 aromatic heterocycles. The van der Waals surface area contributed by atoms with Crippen molar-refractivity contribution >= 4 is 17.3 Å². The first-order chi connectivity index (χ1) is 7.66. The smallest absolute Gasteiger partial charge is 0.309 e. The van der Waals surface area contributed by atoms with Crippen molar-refractivity contribution in [3.8, 4) is 10.6 Å². The van der Waals surface area contributed by atoms with E-state index < -0.39 is 5.97 Å². The number of rotatable bonds is 3. The van der Waals surface area contributed by atoms with E-state index in [9.17, 15) is 4.79 Å². The standard InChI is InChI=1S/C11H10N2O2S/c1-7-2-3-12-5-9(7)11-13-8(6-16-11)4-10(14)15/h2-3,5-6H,4H2,1H3,(H,14,15). The molecule has 82 valence electrons. The molecule has 1 N–H and O–H groups in total. The van der Waals surface area contributed by atoms with Gasteiger partial charge >= 0.3 is 5.97 Å². The van der Waals surface area contributed by atoms with Gasteiger partial charge in [-0.2, -0.15) is 0 Å². The highest BCUT2D eigenvalue weighted by Gasteiger charge is 2.09. The summed E-state index contributed by atoms with van der Waals surface area (Å²) in [5.74, 6) is -0.861. The first-order valence-electron chi connectivity index (χ1n) is 4.74. The predicted molar refractivity (Wildman–Crippen MR) is 61.4 cm³/mol. The molecule has 0 aliphatic heterocycles. The third-order valence-electron chi connectivity index (χ3n) is 2.15. The molecule has 2 heterocycles. The van der Waals surface area contributed by atoms with Gasteiger partial charge in [-0.05, 0) is 18.6 Å². The molecule has 0 bridgehead atoms. The summed E-state index contributed by atoms with van der Waals surface area (Å²) in [7, 11) is 0. The number of pyridine rings is 1. The number of carbonyl (C=O) groups is 1. The minimum absolute atomic E-state index is 0.0319. The van der Waals surface area contributed by atoms with Crippen molar-refractivity contribution in [3.05, 3.63) is 35.1 Å². The van der Waals surface area contributed by atoms with Crippen LogP contribution in [0.15, 0.2) is 23.8 Å². The minimum atomic E-state index is -0.861. The zero-order valence-corrected chi connectivity index (χ0v) is 9.49. The molecule has 0 aliphatic carbocycles. The average molecular weight is 234 g/mol. The minimum Gasteiger partial charge on any atom is -0.481 e. The maximum atomic E-state index is 10.5. The number of aryl methyl sites for hydroxylation is 1. The third-order valence-corrected chi connectivity index (χ3v) is 3.08. The normalized spacial score (nSPS) is 10.3. The first kappa shape index (κ1) is 10.8. The van der Waals surface area contributed by atoms with E-state index in [1.54, 1.807) is 17.8 Å². The Balaban J connectivity index is 2.32. The second-order valence-electron chi connectivity index (χ2n) is 3.41. The Labute approximate surface area is 96.6 Å². The van der Waals surface area contributed by atoms with Crippen LogP contribution in [0, 0.1) is 6.92 Å². The van der Waals surface area contributed by atoms with Crippen molar-refractivity contribution in [2.75, 3.05) is 0 Å². The van der Waals surface area contributed by atoms with Crippen LogP contribution in [0.4, 0.5) is 0 Å². The molecule has 0 fully saturated rings. The van der Waals surface area contributed by atoms with Crippen LogP contribution >= 0.6 is 11.3 Å². The van der Waals surface area contributed by atoms with E-state index in [1.165, 1.54) is 11.3 Å². The van der Waals surface area contributed by atoms with Gasteiger partial charge in [-0.15, -0.1) is 11.3 Å². The van der Waals surface area contributed by atoms with Crippen LogP contribution in [-0.4, -0.2) is 21.0 Å². The van der Waals surface area contributed by atoms with Crippen molar-refractivity contribution < 1.29 is 9.90 Å². The number of hydrogen-bond donors (Lipinski definition) is 1. The van der Waals surface area contributed by atoms with Crippen LogP contribution in [0.5, 0.6) is 0 Å². The predicted octanol–water partition coefficient (Wildman–Crippen LogP) is 2.14. The van der Waals surface area contributed by atoms with E-state index in [0.29, 0.717) is 5.69 Å². The van der Waals surface area contributed by atoms with Gasteiger partial charge in [0.05, 0.1) is 12.1 Å². The van der Waals surface area contributed by atoms with Crippen molar-refractivity contribution in [1.29, 1.82) is 0 Å². The molecule has 2 aromatic rings. The lowest BCUT2D eigenvalue weighted by molar-refractivity contribution is -0.136. The van der Waals surface area contributed by atoms with Crippen LogP contribution < -0.4 is 0 Å². The number of aliphatic carboxylic acids is 1. The second-order valence-corrected chi connectivity index (χ2v) is 4.26. The summed E-state index contributed by atoms with van der Waals surface area (Å²) in [4.78, 5) is 18.9. The number of thiazole rings is 1. The molecule has 0 unspecified atom stereocenters. The van der Waals surface area contributed by atoms with Crippen LogP contribution in [-0.2, 0) is 11.2 Å². The van der Waals surface area contributed by atoms with Crippen LogP contribution in [0.1, 0.15) is 11.3 Å². The van der Waals surface area contributed by atoms with E-state index >= 15 is 0 Å². The summed E-state index contributed by atoms with van der Waals surface area (Å²) in [6.07, 6.45) is 3.44. The Morgan fingerprint density at radius 1 is 1.56 bits per heavy atom. The molecule has 4 nitrogen and oxygen atoms in total. The van der Waals surface area contributed by atoms with Crippen molar-refractivity contribution in [2.24, 2.45) is 0 Å². The van der Waals surface area contributed by atoms with Gasteiger partial charge in [0.15, 0.2) is 0 Å². The van der Waals surface area contributed by atoms with Gasteiger partial charge in [0.1, 0.15) is 5.01 Å². The van der Waals surface area contributed by atoms with Gasteiger partial charge in [-0.25, -0.2) is 4.98 Å². The molecule has 16 heavy (non-hydrogen) atoms. The molecule has 0 aromatic carbocycles. The molecule has 5 heteroatoms. The summed E-state index contributed by atoms with van der Waals surface area (Å²) < 4.78 is 0. The van der Waals surface area contributed by atoms with Gasteiger partial charge in [-0.1, -0.05) is 0 Å². The van der Waals surface area contributed by atoms with Crippen LogP contribution in [0.3, 0.4) is 0 Å². The second kappa shape index (κ2) is 4.40. The fourth-order valence-corrected chi connectivity index (χ4v) is 2.25. The quantitative estimate of drug-likeness (QED) is 0.883. The molecule has 0 amide bonds. The highest BCUT2D eigenvalue weighted by atomic mass is 32.1. The molecular weight excluding hydrogens is 224 g/mol. The van der Waals surface area contributed by atoms with Gasteiger partial charge in [0.25, 0.3) is 0 Å². The SMILES string of the molecule is Cc1ccncc1-c1nc(CC(=O)O)cs1. The van der Waals surface area contributed by atoms with Crippen molar-refractivity contribution in [3.63, 3.8) is 0 Å². The van der Waals surface area contributed by atoms with E-state index in [2.05, 4.69) is 9.97 Å². The molecule has 0 saturated carbocycles. The summed E-state index contributed by atoms with van der Waals surface area (Å²) in [5, 5.41) is 11.2. The lowest BCUT2D eigenvalue weighted by Crippen LogP contribution is -1.99. The molecule has 0 saturated heterocycles. The third kappa shape index (κ3) is 2.25. The summed E-state index contributed by atoms with van der Waals surface area (Å²) in [6.45, 7) is 1.98. The lowest BCUT2D eigenvalue weighted by Gasteiger charge is -1.99. The number of carboxylic acids is 1. The highest BCUT2D eigenvalue weighted by Crippen LogP contribution is 2.25. The van der Waals surface area contributed by atoms with Crippen LogP contribution in [0.2, 0.25) is 0 Å². The van der Waals surface area contributed by atoms with E-state index in [0.717, 1.165) is 16.1 Å². The maximum Gasteiger partial charge on any atom is 0.309 e. The first-order valence-corrected chi connectivity index (χ1v) is 5.62. The average Bonchev–Trinajstić information content (AvgIpc) is 2.66. The molecule has 0 aliphatic rings. The van der Waals surface area contributed by atoms with E-state index in [1.807, 2.05) is 13.0 Å². The molecule has 2 rings (SSSR count). The van der Waals surface area contributed by atoms with Gasteiger partial charge < -0.3 is 5.11 Å². The fourth-order valence-electron chi connectivity index (χ4n) is 1.35. The zero-order valence-electron chi connectivity index (χ0n) is 8.67. The zero-order chi connectivity index (χ0) is 11.5. The number of aromatic nitrogens is 2. The van der Waals surface area contributed by atoms with Gasteiger partial charge in [0, 0.05) is 23.3 Å². The Bertz CT molecular complexity index is 522. The van der Waals surface area contributed by atoms with E-state index in [4.69, 9.17) is 5.11 Å². The van der Waals surface area contributed by atoms with Crippen molar-refractivity contribution in [1.82, 2.24) is 9.97 Å². The Hall–Kier alpha value is -1.75. The monoisotopic (exact) mass is 234 g/mol. The molecule has 0 radical (unpaired) electrons. The number of hydrogen-bond acceptors (Lipinski definition) is 4. The summed E-state index contributed by atoms with van der Waals surface area (Å²) in [6, 6.07) is 1.91. The lowest BCUT2D eigenvalue weighted by atomic mass is 10.2. The summed E-state index contributed by atoms with van der Waals surface area (Å²) in [5.41, 5.74) is 2.64. The Morgan fingerprint density at radius 2 is 2.38 bits per heavy atom. The largest absolute Gasteiger partial charge is 0.481 e. The molecular formula is C11H10N2O2S. The number of nitrogens with zero attached hydrogens (tertiary/aromatic N) is 2. The number of carboxylic acid groups (broad SMARTS) is 1. The summed E-state index contributed by atoms with van der Waals surface area (Å²) >= 11 is 1.44.